The van der Waals surface area contributed by atoms with E-state index in [1.807, 2.05) is 36.2 Å². The maximum absolute atomic E-state index is 12.5. The number of para-hydroxylation sites is 1. The fourth-order valence-electron chi connectivity index (χ4n) is 2.27. The lowest BCUT2D eigenvalue weighted by Crippen LogP contribution is -2.41. The summed E-state index contributed by atoms with van der Waals surface area (Å²) in [4.78, 5) is 19.5. The van der Waals surface area contributed by atoms with Gasteiger partial charge in [-0.1, -0.05) is 18.2 Å². The molecule has 98 valence electrons. The lowest BCUT2D eigenvalue weighted by atomic mass is 10.1. The van der Waals surface area contributed by atoms with E-state index >= 15 is 0 Å². The van der Waals surface area contributed by atoms with Gasteiger partial charge < -0.3 is 10.2 Å². The Morgan fingerprint density at radius 2 is 2.32 bits per heavy atom. The Hall–Kier alpha value is -1.72. The fraction of sp³-hybridized carbons (Fsp3) is 0.286. The monoisotopic (exact) mass is 273 g/mol. The Morgan fingerprint density at radius 3 is 3.11 bits per heavy atom. The topological polar surface area (TPSA) is 45.2 Å². The number of rotatable bonds is 2. The van der Waals surface area contributed by atoms with Gasteiger partial charge >= 0.3 is 0 Å². The smallest absolute Gasteiger partial charge is 0.244 e. The highest BCUT2D eigenvalue weighted by Crippen LogP contribution is 2.26. The molecule has 0 spiro atoms. The van der Waals surface area contributed by atoms with Gasteiger partial charge in [0.2, 0.25) is 5.91 Å². The lowest BCUT2D eigenvalue weighted by Gasteiger charge is -2.23. The molecule has 1 unspecified atom stereocenters. The second-order valence-electron chi connectivity index (χ2n) is 4.62. The second-order valence-corrected chi connectivity index (χ2v) is 5.59. The summed E-state index contributed by atoms with van der Waals surface area (Å²) in [5.41, 5.74) is 3.95. The largest absolute Gasteiger partial charge is 0.305 e. The minimum atomic E-state index is -0.166. The predicted molar refractivity (Wildman–Crippen MR) is 76.0 cm³/mol. The van der Waals surface area contributed by atoms with Crippen LogP contribution in [0.1, 0.15) is 17.4 Å². The molecule has 1 N–H and O–H groups in total. The van der Waals surface area contributed by atoms with Gasteiger partial charge in [-0.15, -0.1) is 11.3 Å². The molecule has 2 heterocycles. The number of carbonyl (C=O) groups excluding carboxylic acids is 1. The zero-order valence-corrected chi connectivity index (χ0v) is 11.5. The molecule has 0 saturated carbocycles. The normalized spacial score (nSPS) is 19.1. The number of aromatic nitrogens is 1. The van der Waals surface area contributed by atoms with Crippen molar-refractivity contribution in [3.05, 3.63) is 46.4 Å². The van der Waals surface area contributed by atoms with Crippen LogP contribution in [0.15, 0.2) is 36.0 Å². The van der Waals surface area contributed by atoms with Crippen molar-refractivity contribution in [3.63, 3.8) is 0 Å². The number of hydrogen-bond acceptors (Lipinski definition) is 4. The summed E-state index contributed by atoms with van der Waals surface area (Å²) < 4.78 is 0. The first-order valence-electron chi connectivity index (χ1n) is 6.26. The first-order valence-corrected chi connectivity index (χ1v) is 7.13. The molecule has 1 aromatic heterocycles. The Morgan fingerprint density at radius 1 is 1.47 bits per heavy atom. The van der Waals surface area contributed by atoms with E-state index in [4.69, 9.17) is 0 Å². The van der Waals surface area contributed by atoms with E-state index in [0.29, 0.717) is 6.54 Å². The Bertz CT molecular complexity index is 582. The molecule has 0 saturated heterocycles. The predicted octanol–water partition coefficient (Wildman–Crippen LogP) is 2.17. The van der Waals surface area contributed by atoms with Gasteiger partial charge in [-0.3, -0.25) is 9.78 Å². The number of amides is 1. The standard InChI is InChI=1S/C14H15N3OS/c1-10-14(18)17(8-12-7-15-9-19-12)13-5-3-2-4-11(13)6-16-10/h2-5,7,9-10,16H,6,8H2,1H3. The molecular formula is C14H15N3OS. The third-order valence-electron chi connectivity index (χ3n) is 3.31. The molecule has 1 aromatic carbocycles. The molecule has 0 bridgehead atoms. The van der Waals surface area contributed by atoms with Crippen LogP contribution in [0.2, 0.25) is 0 Å². The summed E-state index contributed by atoms with van der Waals surface area (Å²) in [5.74, 6) is 0.110. The van der Waals surface area contributed by atoms with E-state index in [9.17, 15) is 4.79 Å². The maximum atomic E-state index is 12.5. The molecule has 0 fully saturated rings. The second kappa shape index (κ2) is 5.11. The van der Waals surface area contributed by atoms with Gasteiger partial charge in [0.25, 0.3) is 0 Å². The summed E-state index contributed by atoms with van der Waals surface area (Å²) in [6.45, 7) is 3.22. The van der Waals surface area contributed by atoms with Gasteiger partial charge in [0.1, 0.15) is 0 Å². The summed E-state index contributed by atoms with van der Waals surface area (Å²) in [6, 6.07) is 7.88. The number of hydrogen-bond donors (Lipinski definition) is 1. The highest BCUT2D eigenvalue weighted by molar-refractivity contribution is 7.09. The third-order valence-corrected chi connectivity index (χ3v) is 4.08. The quantitative estimate of drug-likeness (QED) is 0.912. The Kier molecular flexibility index (Phi) is 3.31. The zero-order chi connectivity index (χ0) is 13.2. The van der Waals surface area contributed by atoms with Crippen LogP contribution in [0, 0.1) is 0 Å². The van der Waals surface area contributed by atoms with Crippen LogP contribution in [0.25, 0.3) is 0 Å². The Labute approximate surface area is 116 Å². The number of carbonyl (C=O) groups is 1. The van der Waals surface area contributed by atoms with Crippen LogP contribution in [0.4, 0.5) is 5.69 Å². The van der Waals surface area contributed by atoms with Crippen molar-refractivity contribution in [1.29, 1.82) is 0 Å². The van der Waals surface area contributed by atoms with Gasteiger partial charge in [-0.25, -0.2) is 0 Å². The molecule has 0 radical (unpaired) electrons. The van der Waals surface area contributed by atoms with Crippen LogP contribution in [0.5, 0.6) is 0 Å². The molecule has 4 nitrogen and oxygen atoms in total. The van der Waals surface area contributed by atoms with Crippen LogP contribution >= 0.6 is 11.3 Å². The molecule has 3 rings (SSSR count). The number of benzene rings is 1. The third kappa shape index (κ3) is 2.39. The molecule has 2 aromatic rings. The van der Waals surface area contributed by atoms with E-state index in [2.05, 4.69) is 16.4 Å². The summed E-state index contributed by atoms with van der Waals surface area (Å²) >= 11 is 1.58. The first-order chi connectivity index (χ1) is 9.25. The summed E-state index contributed by atoms with van der Waals surface area (Å²) in [5, 5.41) is 3.26. The SMILES string of the molecule is CC1NCc2ccccc2N(Cc2cncs2)C1=O. The van der Waals surface area contributed by atoms with E-state index in [-0.39, 0.29) is 11.9 Å². The number of nitrogens with zero attached hydrogens (tertiary/aromatic N) is 2. The maximum Gasteiger partial charge on any atom is 0.244 e. The number of thiazole rings is 1. The van der Waals surface area contributed by atoms with Crippen molar-refractivity contribution in [2.45, 2.75) is 26.1 Å². The highest BCUT2D eigenvalue weighted by Gasteiger charge is 2.27. The minimum absolute atomic E-state index is 0.110. The summed E-state index contributed by atoms with van der Waals surface area (Å²) in [7, 11) is 0. The van der Waals surface area contributed by atoms with Crippen molar-refractivity contribution in [2.24, 2.45) is 0 Å². The van der Waals surface area contributed by atoms with Crippen LogP contribution in [-0.4, -0.2) is 16.9 Å². The molecule has 19 heavy (non-hydrogen) atoms. The van der Waals surface area contributed by atoms with Crippen LogP contribution < -0.4 is 10.2 Å². The van der Waals surface area contributed by atoms with Crippen molar-refractivity contribution in [1.82, 2.24) is 10.3 Å². The van der Waals surface area contributed by atoms with Gasteiger partial charge in [-0.05, 0) is 18.6 Å². The van der Waals surface area contributed by atoms with Crippen molar-refractivity contribution in [3.8, 4) is 0 Å². The first kappa shape index (κ1) is 12.3. The molecule has 1 amide bonds. The molecule has 1 aliphatic rings. The molecular weight excluding hydrogens is 258 g/mol. The van der Waals surface area contributed by atoms with Gasteiger partial charge in [-0.2, -0.15) is 0 Å². The fourth-order valence-corrected chi connectivity index (χ4v) is 2.85. The van der Waals surface area contributed by atoms with E-state index in [1.165, 1.54) is 0 Å². The van der Waals surface area contributed by atoms with Gasteiger partial charge in [0.15, 0.2) is 0 Å². The Balaban J connectivity index is 2.00. The summed E-state index contributed by atoms with van der Waals surface area (Å²) in [6.07, 6.45) is 1.82. The van der Waals surface area contributed by atoms with Crippen molar-refractivity contribution in [2.75, 3.05) is 4.90 Å². The van der Waals surface area contributed by atoms with Crippen molar-refractivity contribution < 1.29 is 4.79 Å². The number of anilines is 1. The molecule has 1 aliphatic heterocycles. The molecule has 1 atom stereocenters. The average Bonchev–Trinajstić information content (AvgIpc) is 2.91. The van der Waals surface area contributed by atoms with Crippen molar-refractivity contribution >= 4 is 22.9 Å². The molecule has 5 heteroatoms. The van der Waals surface area contributed by atoms with Gasteiger partial charge in [0.05, 0.1) is 18.1 Å². The average molecular weight is 273 g/mol. The van der Waals surface area contributed by atoms with Crippen LogP contribution in [-0.2, 0) is 17.9 Å². The van der Waals surface area contributed by atoms with Gasteiger partial charge in [0, 0.05) is 23.3 Å². The highest BCUT2D eigenvalue weighted by atomic mass is 32.1. The van der Waals surface area contributed by atoms with E-state index in [1.54, 1.807) is 16.8 Å². The zero-order valence-electron chi connectivity index (χ0n) is 10.7. The molecule has 0 aliphatic carbocycles. The van der Waals surface area contributed by atoms with Crippen LogP contribution in [0.3, 0.4) is 0 Å². The number of nitrogens with one attached hydrogen (secondary N) is 1. The lowest BCUT2D eigenvalue weighted by molar-refractivity contribution is -0.120. The minimum Gasteiger partial charge on any atom is -0.305 e. The number of fused-ring (bicyclic) bond motifs is 1. The van der Waals surface area contributed by atoms with E-state index in [0.717, 1.165) is 22.7 Å². The van der Waals surface area contributed by atoms with E-state index < -0.39 is 0 Å².